The normalized spacial score (nSPS) is 12.4. The van der Waals surface area contributed by atoms with Gasteiger partial charge < -0.3 is 4.84 Å². The lowest BCUT2D eigenvalue weighted by Crippen LogP contribution is -2.12. The van der Waals surface area contributed by atoms with E-state index in [2.05, 4.69) is 53.3 Å². The third-order valence-electron chi connectivity index (χ3n) is 4.01. The second-order valence-corrected chi connectivity index (χ2v) is 6.18. The van der Waals surface area contributed by atoms with Gasteiger partial charge in [0.15, 0.2) is 0 Å². The fraction of sp³-hybridized carbons (Fsp3) is 0.316. The second-order valence-electron chi connectivity index (χ2n) is 6.18. The topological polar surface area (TPSA) is 80.3 Å². The molecule has 0 aromatic heterocycles. The number of rotatable bonds is 6. The minimum Gasteiger partial charge on any atom is -0.370 e. The molecular formula is C19H24N4O2. The standard InChI is InChI=1S/C19H24N4O2/c1-13(2)15-8-10-16(11-9-15)14(3)21-22-23(4)18-7-5-6-17(12-18)19(24)25-20/h5-14H,20H2,1-4H3. The summed E-state index contributed by atoms with van der Waals surface area (Å²) in [6.45, 7) is 6.33. The maximum atomic E-state index is 11.5. The van der Waals surface area contributed by atoms with E-state index in [1.54, 1.807) is 30.3 Å². The van der Waals surface area contributed by atoms with Crippen LogP contribution in [0, 0.1) is 0 Å². The zero-order valence-corrected chi connectivity index (χ0v) is 15.0. The smallest absolute Gasteiger partial charge is 0.356 e. The molecule has 2 aromatic carbocycles. The summed E-state index contributed by atoms with van der Waals surface area (Å²) >= 11 is 0. The summed E-state index contributed by atoms with van der Waals surface area (Å²) in [5.74, 6) is 4.83. The van der Waals surface area contributed by atoms with Crippen molar-refractivity contribution in [1.29, 1.82) is 0 Å². The van der Waals surface area contributed by atoms with Gasteiger partial charge in [0.25, 0.3) is 0 Å². The fourth-order valence-electron chi connectivity index (χ4n) is 2.33. The molecule has 0 amide bonds. The van der Waals surface area contributed by atoms with E-state index in [1.165, 1.54) is 5.56 Å². The Morgan fingerprint density at radius 2 is 1.72 bits per heavy atom. The molecule has 0 saturated carbocycles. The van der Waals surface area contributed by atoms with Crippen LogP contribution in [0.5, 0.6) is 0 Å². The maximum Gasteiger partial charge on any atom is 0.356 e. The van der Waals surface area contributed by atoms with Crippen LogP contribution >= 0.6 is 0 Å². The number of hydrogen-bond donors (Lipinski definition) is 1. The maximum absolute atomic E-state index is 11.5. The van der Waals surface area contributed by atoms with Gasteiger partial charge in [0, 0.05) is 7.05 Å². The van der Waals surface area contributed by atoms with Crippen LogP contribution in [0.25, 0.3) is 0 Å². The molecule has 2 aromatic rings. The monoisotopic (exact) mass is 340 g/mol. The summed E-state index contributed by atoms with van der Waals surface area (Å²) < 4.78 is 0. The molecule has 0 heterocycles. The van der Waals surface area contributed by atoms with Gasteiger partial charge in [0.05, 0.1) is 17.3 Å². The third kappa shape index (κ3) is 4.87. The second kappa shape index (κ2) is 8.39. The highest BCUT2D eigenvalue weighted by atomic mass is 16.7. The van der Waals surface area contributed by atoms with E-state index in [-0.39, 0.29) is 6.04 Å². The summed E-state index contributed by atoms with van der Waals surface area (Å²) in [6, 6.07) is 15.2. The average Bonchev–Trinajstić information content (AvgIpc) is 2.65. The molecule has 6 nitrogen and oxygen atoms in total. The molecule has 132 valence electrons. The van der Waals surface area contributed by atoms with Gasteiger partial charge in [-0.3, -0.25) is 5.01 Å². The van der Waals surface area contributed by atoms with Crippen molar-refractivity contribution in [3.8, 4) is 0 Å². The van der Waals surface area contributed by atoms with Gasteiger partial charge in [-0.05, 0) is 42.2 Å². The minimum atomic E-state index is -0.592. The molecule has 1 unspecified atom stereocenters. The van der Waals surface area contributed by atoms with Crippen LogP contribution in [0.15, 0.2) is 58.9 Å². The average molecular weight is 340 g/mol. The van der Waals surface area contributed by atoms with E-state index >= 15 is 0 Å². The van der Waals surface area contributed by atoms with Gasteiger partial charge in [0.2, 0.25) is 0 Å². The molecule has 0 aliphatic rings. The van der Waals surface area contributed by atoms with E-state index in [1.807, 2.05) is 13.0 Å². The summed E-state index contributed by atoms with van der Waals surface area (Å²) in [4.78, 5) is 15.7. The van der Waals surface area contributed by atoms with Crippen LogP contribution in [0.3, 0.4) is 0 Å². The Bertz CT molecular complexity index is 741. The molecular weight excluding hydrogens is 316 g/mol. The highest BCUT2D eigenvalue weighted by molar-refractivity contribution is 5.90. The number of hydrogen-bond acceptors (Lipinski definition) is 5. The fourth-order valence-corrected chi connectivity index (χ4v) is 2.33. The van der Waals surface area contributed by atoms with Crippen LogP contribution in [0.2, 0.25) is 0 Å². The number of carbonyl (C=O) groups excluding carboxylic acids is 1. The Morgan fingerprint density at radius 3 is 2.32 bits per heavy atom. The first-order chi connectivity index (χ1) is 11.9. The predicted octanol–water partition coefficient (Wildman–Crippen LogP) is 4.41. The Hall–Kier alpha value is -2.73. The zero-order chi connectivity index (χ0) is 18.4. The van der Waals surface area contributed by atoms with Crippen LogP contribution in [0.4, 0.5) is 5.69 Å². The van der Waals surface area contributed by atoms with E-state index in [0.717, 1.165) is 5.56 Å². The highest BCUT2D eigenvalue weighted by Gasteiger charge is 2.09. The molecule has 2 rings (SSSR count). The molecule has 0 fully saturated rings. The van der Waals surface area contributed by atoms with Crippen molar-refractivity contribution in [3.05, 3.63) is 65.2 Å². The molecule has 0 radical (unpaired) electrons. The van der Waals surface area contributed by atoms with Gasteiger partial charge in [-0.1, -0.05) is 49.4 Å². The summed E-state index contributed by atoms with van der Waals surface area (Å²) in [5.41, 5.74) is 3.48. The van der Waals surface area contributed by atoms with Gasteiger partial charge in [-0.2, -0.15) is 11.0 Å². The van der Waals surface area contributed by atoms with Gasteiger partial charge in [0.1, 0.15) is 0 Å². The predicted molar refractivity (Wildman–Crippen MR) is 98.2 cm³/mol. The van der Waals surface area contributed by atoms with Crippen molar-refractivity contribution in [1.82, 2.24) is 0 Å². The Labute approximate surface area is 148 Å². The highest BCUT2D eigenvalue weighted by Crippen LogP contribution is 2.22. The number of nitrogens with zero attached hydrogens (tertiary/aromatic N) is 3. The Balaban J connectivity index is 2.08. The number of nitrogens with two attached hydrogens (primary N) is 1. The third-order valence-corrected chi connectivity index (χ3v) is 4.01. The Morgan fingerprint density at radius 1 is 1.08 bits per heavy atom. The van der Waals surface area contributed by atoms with Crippen molar-refractivity contribution in [2.45, 2.75) is 32.7 Å². The largest absolute Gasteiger partial charge is 0.370 e. The van der Waals surface area contributed by atoms with E-state index in [0.29, 0.717) is 17.2 Å². The lowest BCUT2D eigenvalue weighted by Gasteiger charge is -2.14. The van der Waals surface area contributed by atoms with Gasteiger partial charge >= 0.3 is 5.97 Å². The molecule has 0 saturated heterocycles. The first kappa shape index (κ1) is 18.6. The van der Waals surface area contributed by atoms with Crippen molar-refractivity contribution in [2.75, 3.05) is 12.1 Å². The number of carbonyl (C=O) groups is 1. The van der Waals surface area contributed by atoms with Crippen LogP contribution in [-0.4, -0.2) is 13.0 Å². The minimum absolute atomic E-state index is 0.0687. The molecule has 0 bridgehead atoms. The lowest BCUT2D eigenvalue weighted by molar-refractivity contribution is 0.0503. The van der Waals surface area contributed by atoms with Crippen LogP contribution in [0.1, 0.15) is 54.2 Å². The quantitative estimate of drug-likeness (QED) is 0.624. The van der Waals surface area contributed by atoms with E-state index in [4.69, 9.17) is 5.90 Å². The van der Waals surface area contributed by atoms with Crippen molar-refractivity contribution in [2.24, 2.45) is 16.2 Å². The zero-order valence-electron chi connectivity index (χ0n) is 15.0. The number of benzene rings is 2. The molecule has 2 N–H and O–H groups in total. The molecule has 0 spiro atoms. The first-order valence-corrected chi connectivity index (χ1v) is 8.18. The first-order valence-electron chi connectivity index (χ1n) is 8.18. The Kier molecular flexibility index (Phi) is 6.25. The summed E-state index contributed by atoms with van der Waals surface area (Å²) in [6.07, 6.45) is 0. The van der Waals surface area contributed by atoms with Gasteiger partial charge in [-0.25, -0.2) is 4.79 Å². The molecule has 25 heavy (non-hydrogen) atoms. The van der Waals surface area contributed by atoms with Crippen molar-refractivity contribution in [3.63, 3.8) is 0 Å². The molecule has 6 heteroatoms. The summed E-state index contributed by atoms with van der Waals surface area (Å²) in [7, 11) is 1.77. The van der Waals surface area contributed by atoms with E-state index < -0.39 is 5.97 Å². The number of anilines is 1. The van der Waals surface area contributed by atoms with Crippen LogP contribution in [-0.2, 0) is 4.84 Å². The van der Waals surface area contributed by atoms with Crippen molar-refractivity contribution < 1.29 is 9.63 Å². The molecule has 0 aliphatic heterocycles. The molecule has 1 atom stereocenters. The molecule has 0 aliphatic carbocycles. The summed E-state index contributed by atoms with van der Waals surface area (Å²) in [5, 5.41) is 10.2. The van der Waals surface area contributed by atoms with Gasteiger partial charge in [-0.15, -0.1) is 0 Å². The lowest BCUT2D eigenvalue weighted by atomic mass is 10.00. The van der Waals surface area contributed by atoms with Crippen LogP contribution < -0.4 is 10.9 Å². The van der Waals surface area contributed by atoms with Crippen molar-refractivity contribution >= 4 is 11.7 Å². The van der Waals surface area contributed by atoms with E-state index in [9.17, 15) is 4.79 Å². The SMILES string of the molecule is CC(C)c1ccc(C(C)N=NN(C)c2cccc(C(=O)ON)c2)cc1.